The summed E-state index contributed by atoms with van der Waals surface area (Å²) in [6, 6.07) is 2.90. The Kier molecular flexibility index (Phi) is 4.79. The van der Waals surface area contributed by atoms with Crippen molar-refractivity contribution in [1.29, 1.82) is 0 Å². The zero-order valence-electron chi connectivity index (χ0n) is 10.5. The Balaban J connectivity index is 1.97. The SMILES string of the molecule is O=C(O)c1cccnc1C(=O)NCC1CCSCC1. The van der Waals surface area contributed by atoms with Gasteiger partial charge in [0.15, 0.2) is 0 Å². The molecule has 0 aliphatic carbocycles. The lowest BCUT2D eigenvalue weighted by molar-refractivity contribution is 0.0690. The lowest BCUT2D eigenvalue weighted by Gasteiger charge is -2.21. The molecule has 0 bridgehead atoms. The van der Waals surface area contributed by atoms with Gasteiger partial charge in [0, 0.05) is 12.7 Å². The number of hydrogen-bond donors (Lipinski definition) is 2. The molecule has 6 heteroatoms. The summed E-state index contributed by atoms with van der Waals surface area (Å²) in [6.45, 7) is 0.592. The molecule has 1 aliphatic rings. The summed E-state index contributed by atoms with van der Waals surface area (Å²) in [5.41, 5.74) is -0.0700. The second-order valence-corrected chi connectivity index (χ2v) is 5.70. The normalized spacial score (nSPS) is 16.0. The van der Waals surface area contributed by atoms with Gasteiger partial charge in [0.25, 0.3) is 5.91 Å². The van der Waals surface area contributed by atoms with E-state index in [0.29, 0.717) is 12.5 Å². The highest BCUT2D eigenvalue weighted by Gasteiger charge is 2.19. The lowest BCUT2D eigenvalue weighted by Crippen LogP contribution is -2.32. The first-order chi connectivity index (χ1) is 9.18. The van der Waals surface area contributed by atoms with Crippen molar-refractivity contribution in [1.82, 2.24) is 10.3 Å². The zero-order chi connectivity index (χ0) is 13.7. The first kappa shape index (κ1) is 13.9. The van der Waals surface area contributed by atoms with Crippen LogP contribution in [0, 0.1) is 5.92 Å². The maximum atomic E-state index is 12.0. The highest BCUT2D eigenvalue weighted by molar-refractivity contribution is 7.99. The topological polar surface area (TPSA) is 79.3 Å². The zero-order valence-corrected chi connectivity index (χ0v) is 11.3. The maximum Gasteiger partial charge on any atom is 0.338 e. The van der Waals surface area contributed by atoms with Crippen molar-refractivity contribution in [2.24, 2.45) is 5.92 Å². The fraction of sp³-hybridized carbons (Fsp3) is 0.462. The van der Waals surface area contributed by atoms with Gasteiger partial charge in [-0.3, -0.25) is 9.78 Å². The molecule has 0 atom stereocenters. The minimum absolute atomic E-state index is 0.0137. The number of pyridine rings is 1. The average Bonchev–Trinajstić information content (AvgIpc) is 2.46. The fourth-order valence-electron chi connectivity index (χ4n) is 2.03. The van der Waals surface area contributed by atoms with Gasteiger partial charge in [-0.05, 0) is 42.4 Å². The number of aromatic nitrogens is 1. The molecular formula is C13H16N2O3S. The van der Waals surface area contributed by atoms with Gasteiger partial charge in [0.05, 0.1) is 5.56 Å². The molecule has 5 nitrogen and oxygen atoms in total. The number of carbonyl (C=O) groups is 2. The number of nitrogens with one attached hydrogen (secondary N) is 1. The molecule has 1 aromatic rings. The average molecular weight is 280 g/mol. The monoisotopic (exact) mass is 280 g/mol. The second kappa shape index (κ2) is 6.56. The van der Waals surface area contributed by atoms with E-state index in [1.807, 2.05) is 11.8 Å². The molecule has 102 valence electrons. The first-order valence-electron chi connectivity index (χ1n) is 6.22. The third-order valence-electron chi connectivity index (χ3n) is 3.15. The van der Waals surface area contributed by atoms with Crippen LogP contribution in [0.3, 0.4) is 0 Å². The second-order valence-electron chi connectivity index (χ2n) is 4.47. The van der Waals surface area contributed by atoms with Crippen molar-refractivity contribution in [3.8, 4) is 0 Å². The third-order valence-corrected chi connectivity index (χ3v) is 4.19. The molecule has 1 saturated heterocycles. The summed E-state index contributed by atoms with van der Waals surface area (Å²) in [6.07, 6.45) is 3.62. The Morgan fingerprint density at radius 3 is 2.84 bits per heavy atom. The molecule has 0 spiro atoms. The summed E-state index contributed by atoms with van der Waals surface area (Å²) in [4.78, 5) is 26.8. The summed E-state index contributed by atoms with van der Waals surface area (Å²) >= 11 is 1.93. The van der Waals surface area contributed by atoms with E-state index in [0.717, 1.165) is 24.3 Å². The van der Waals surface area contributed by atoms with E-state index in [-0.39, 0.29) is 11.3 Å². The minimum Gasteiger partial charge on any atom is -0.478 e. The number of rotatable bonds is 4. The smallest absolute Gasteiger partial charge is 0.338 e. The number of carbonyl (C=O) groups excluding carboxylic acids is 1. The molecule has 1 amide bonds. The molecule has 1 fully saturated rings. The van der Waals surface area contributed by atoms with Crippen molar-refractivity contribution in [3.63, 3.8) is 0 Å². The van der Waals surface area contributed by atoms with Crippen LogP contribution in [0.2, 0.25) is 0 Å². The summed E-state index contributed by atoms with van der Waals surface area (Å²) in [7, 11) is 0. The molecular weight excluding hydrogens is 264 g/mol. The number of aromatic carboxylic acids is 1. The van der Waals surface area contributed by atoms with Crippen LogP contribution in [0.5, 0.6) is 0 Å². The molecule has 0 unspecified atom stereocenters. The molecule has 19 heavy (non-hydrogen) atoms. The molecule has 0 aromatic carbocycles. The van der Waals surface area contributed by atoms with Gasteiger partial charge in [-0.25, -0.2) is 4.79 Å². The van der Waals surface area contributed by atoms with Crippen LogP contribution in [-0.4, -0.2) is 40.0 Å². The highest BCUT2D eigenvalue weighted by atomic mass is 32.2. The van der Waals surface area contributed by atoms with Crippen molar-refractivity contribution in [3.05, 3.63) is 29.6 Å². The number of carboxylic acids is 1. The molecule has 1 aliphatic heterocycles. The Morgan fingerprint density at radius 1 is 1.42 bits per heavy atom. The van der Waals surface area contributed by atoms with E-state index >= 15 is 0 Å². The predicted molar refractivity (Wildman–Crippen MR) is 73.6 cm³/mol. The molecule has 2 rings (SSSR count). The lowest BCUT2D eigenvalue weighted by atomic mass is 10.0. The Bertz CT molecular complexity index is 473. The van der Waals surface area contributed by atoms with Crippen molar-refractivity contribution >= 4 is 23.6 Å². The van der Waals surface area contributed by atoms with Crippen LogP contribution in [0.1, 0.15) is 33.7 Å². The van der Waals surface area contributed by atoms with Crippen molar-refractivity contribution in [2.75, 3.05) is 18.1 Å². The largest absolute Gasteiger partial charge is 0.478 e. The van der Waals surface area contributed by atoms with Crippen LogP contribution in [0.15, 0.2) is 18.3 Å². The quantitative estimate of drug-likeness (QED) is 0.876. The van der Waals surface area contributed by atoms with E-state index in [4.69, 9.17) is 5.11 Å². The number of thioether (sulfide) groups is 1. The Morgan fingerprint density at radius 2 is 2.16 bits per heavy atom. The maximum absolute atomic E-state index is 12.0. The van der Waals surface area contributed by atoms with Gasteiger partial charge in [-0.1, -0.05) is 0 Å². The number of amides is 1. The van der Waals surface area contributed by atoms with Crippen LogP contribution < -0.4 is 5.32 Å². The Hall–Kier alpha value is -1.56. The van der Waals surface area contributed by atoms with Gasteiger partial charge >= 0.3 is 5.97 Å². The summed E-state index contributed by atoms with van der Waals surface area (Å²) in [5.74, 6) is 1.21. The van der Waals surface area contributed by atoms with E-state index in [9.17, 15) is 9.59 Å². The predicted octanol–water partition coefficient (Wildman–Crippen LogP) is 1.65. The Labute approximate surface area is 115 Å². The standard InChI is InChI=1S/C13H16N2O3S/c16-12(15-8-9-3-6-19-7-4-9)11-10(13(17)18)2-1-5-14-11/h1-2,5,9H,3-4,6-8H2,(H,15,16)(H,17,18). The van der Waals surface area contributed by atoms with Gasteiger partial charge in [0.2, 0.25) is 0 Å². The molecule has 0 radical (unpaired) electrons. The number of hydrogen-bond acceptors (Lipinski definition) is 4. The highest BCUT2D eigenvalue weighted by Crippen LogP contribution is 2.21. The first-order valence-corrected chi connectivity index (χ1v) is 7.38. The van der Waals surface area contributed by atoms with Crippen molar-refractivity contribution < 1.29 is 14.7 Å². The van der Waals surface area contributed by atoms with Crippen molar-refractivity contribution in [2.45, 2.75) is 12.8 Å². The van der Waals surface area contributed by atoms with E-state index in [1.165, 1.54) is 18.3 Å². The third kappa shape index (κ3) is 3.70. The van der Waals surface area contributed by atoms with Crippen LogP contribution in [0.4, 0.5) is 0 Å². The van der Waals surface area contributed by atoms with Gasteiger partial charge < -0.3 is 10.4 Å². The molecule has 2 N–H and O–H groups in total. The van der Waals surface area contributed by atoms with Crippen LogP contribution in [-0.2, 0) is 0 Å². The van der Waals surface area contributed by atoms with E-state index < -0.39 is 11.9 Å². The summed E-state index contributed by atoms with van der Waals surface area (Å²) < 4.78 is 0. The fourth-order valence-corrected chi connectivity index (χ4v) is 3.23. The number of carboxylic acid groups (broad SMARTS) is 1. The van der Waals surface area contributed by atoms with Gasteiger partial charge in [0.1, 0.15) is 5.69 Å². The van der Waals surface area contributed by atoms with Gasteiger partial charge in [-0.2, -0.15) is 11.8 Å². The molecule has 2 heterocycles. The number of nitrogens with zero attached hydrogens (tertiary/aromatic N) is 1. The van der Waals surface area contributed by atoms with Crippen LogP contribution in [0.25, 0.3) is 0 Å². The molecule has 0 saturated carbocycles. The molecule has 1 aromatic heterocycles. The minimum atomic E-state index is -1.13. The van der Waals surface area contributed by atoms with Crippen LogP contribution >= 0.6 is 11.8 Å². The van der Waals surface area contributed by atoms with Gasteiger partial charge in [-0.15, -0.1) is 0 Å². The van der Waals surface area contributed by atoms with E-state index in [2.05, 4.69) is 10.3 Å². The van der Waals surface area contributed by atoms with E-state index in [1.54, 1.807) is 0 Å². The summed E-state index contributed by atoms with van der Waals surface area (Å²) in [5, 5.41) is 11.8.